The molecule has 2 rings (SSSR count). The van der Waals surface area contributed by atoms with Crippen LogP contribution in [0.4, 0.5) is 11.4 Å². The number of hydrogen-bond donors (Lipinski definition) is 1. The molecule has 1 atom stereocenters. The molecule has 1 aromatic carbocycles. The maximum atomic E-state index is 10.9. The summed E-state index contributed by atoms with van der Waals surface area (Å²) in [6, 6.07) is 3.25. The first-order valence-electron chi connectivity index (χ1n) is 6.75. The highest BCUT2D eigenvalue weighted by molar-refractivity contribution is 5.63. The third-order valence-corrected chi connectivity index (χ3v) is 3.87. The number of aryl methyl sites for hydroxylation is 2. The lowest BCUT2D eigenvalue weighted by Gasteiger charge is -2.42. The van der Waals surface area contributed by atoms with E-state index >= 15 is 0 Å². The average Bonchev–Trinajstić information content (AvgIpc) is 2.39. The molecule has 20 heavy (non-hydrogen) atoms. The minimum Gasteiger partial charge on any atom is -0.394 e. The maximum absolute atomic E-state index is 10.9. The number of nitro groups is 1. The summed E-state index contributed by atoms with van der Waals surface area (Å²) in [5.41, 5.74) is 2.92. The summed E-state index contributed by atoms with van der Waals surface area (Å²) in [5, 5.41) is 20.5. The summed E-state index contributed by atoms with van der Waals surface area (Å²) in [6.07, 6.45) is 0. The van der Waals surface area contributed by atoms with Crippen molar-refractivity contribution in [2.24, 2.45) is 0 Å². The fourth-order valence-corrected chi connectivity index (χ4v) is 2.95. The molecule has 1 aliphatic heterocycles. The Balaban J connectivity index is 2.39. The van der Waals surface area contributed by atoms with Crippen molar-refractivity contribution < 1.29 is 10.0 Å². The van der Waals surface area contributed by atoms with Gasteiger partial charge < -0.3 is 14.9 Å². The van der Waals surface area contributed by atoms with Crippen molar-refractivity contribution in [1.82, 2.24) is 4.90 Å². The molecule has 0 aromatic heterocycles. The molecule has 1 fully saturated rings. The van der Waals surface area contributed by atoms with Gasteiger partial charge in [0.15, 0.2) is 0 Å². The number of non-ortho nitro benzene ring substituents is 1. The first-order chi connectivity index (χ1) is 9.43. The molecule has 1 aromatic rings. The molecule has 1 N–H and O–H groups in total. The zero-order valence-electron chi connectivity index (χ0n) is 12.2. The number of nitrogens with zero attached hydrogens (tertiary/aromatic N) is 3. The molecule has 1 unspecified atom stereocenters. The van der Waals surface area contributed by atoms with E-state index in [1.54, 1.807) is 12.1 Å². The molecule has 6 heteroatoms. The number of hydrogen-bond acceptors (Lipinski definition) is 5. The van der Waals surface area contributed by atoms with Gasteiger partial charge in [-0.15, -0.1) is 0 Å². The van der Waals surface area contributed by atoms with E-state index < -0.39 is 0 Å². The summed E-state index contributed by atoms with van der Waals surface area (Å²) < 4.78 is 0. The Hall–Kier alpha value is -1.66. The van der Waals surface area contributed by atoms with Gasteiger partial charge in [-0.2, -0.15) is 0 Å². The average molecular weight is 279 g/mol. The van der Waals surface area contributed by atoms with Gasteiger partial charge in [0.2, 0.25) is 0 Å². The van der Waals surface area contributed by atoms with E-state index in [2.05, 4.69) is 9.80 Å². The minimum atomic E-state index is -0.364. The summed E-state index contributed by atoms with van der Waals surface area (Å²) in [7, 11) is 2.04. The van der Waals surface area contributed by atoms with Gasteiger partial charge >= 0.3 is 0 Å². The standard InChI is InChI=1S/C14H21N3O3/c1-10-6-12(17(19)20)7-11(2)14(10)16-5-4-15(3)8-13(16)9-18/h6-7,13,18H,4-5,8-9H2,1-3H3. The monoisotopic (exact) mass is 279 g/mol. The third kappa shape index (κ3) is 2.76. The molecule has 1 heterocycles. The van der Waals surface area contributed by atoms with Gasteiger partial charge in [-0.1, -0.05) is 0 Å². The van der Waals surface area contributed by atoms with Gasteiger partial charge in [-0.25, -0.2) is 0 Å². The van der Waals surface area contributed by atoms with Crippen LogP contribution in [0.2, 0.25) is 0 Å². The number of aliphatic hydroxyl groups excluding tert-OH is 1. The predicted molar refractivity (Wildman–Crippen MR) is 78.3 cm³/mol. The van der Waals surface area contributed by atoms with Crippen molar-refractivity contribution in [2.45, 2.75) is 19.9 Å². The van der Waals surface area contributed by atoms with Crippen LogP contribution in [0.25, 0.3) is 0 Å². The van der Waals surface area contributed by atoms with Gasteiger partial charge in [-0.3, -0.25) is 10.1 Å². The second-order valence-electron chi connectivity index (χ2n) is 5.48. The first-order valence-corrected chi connectivity index (χ1v) is 6.75. The van der Waals surface area contributed by atoms with E-state index in [-0.39, 0.29) is 23.3 Å². The van der Waals surface area contributed by atoms with Crippen LogP contribution >= 0.6 is 0 Å². The molecular weight excluding hydrogens is 258 g/mol. The van der Waals surface area contributed by atoms with Gasteiger partial charge in [0.05, 0.1) is 17.6 Å². The highest BCUT2D eigenvalue weighted by atomic mass is 16.6. The Kier molecular flexibility index (Phi) is 4.25. The first kappa shape index (κ1) is 14.7. The maximum Gasteiger partial charge on any atom is 0.270 e. The molecule has 1 saturated heterocycles. The zero-order valence-corrected chi connectivity index (χ0v) is 12.2. The van der Waals surface area contributed by atoms with E-state index in [0.29, 0.717) is 0 Å². The Bertz CT molecular complexity index is 495. The molecule has 0 spiro atoms. The van der Waals surface area contributed by atoms with Gasteiger partial charge in [0.1, 0.15) is 0 Å². The van der Waals surface area contributed by atoms with Gasteiger partial charge in [0, 0.05) is 37.5 Å². The second kappa shape index (κ2) is 5.76. The lowest BCUT2D eigenvalue weighted by molar-refractivity contribution is -0.384. The fraction of sp³-hybridized carbons (Fsp3) is 0.571. The highest BCUT2D eigenvalue weighted by Crippen LogP contribution is 2.31. The van der Waals surface area contributed by atoms with Crippen LogP contribution < -0.4 is 4.90 Å². The Morgan fingerprint density at radius 3 is 2.45 bits per heavy atom. The smallest absolute Gasteiger partial charge is 0.270 e. The molecule has 6 nitrogen and oxygen atoms in total. The Labute approximate surface area is 118 Å². The van der Waals surface area contributed by atoms with Crippen LogP contribution in [0.5, 0.6) is 0 Å². The Morgan fingerprint density at radius 2 is 1.95 bits per heavy atom. The molecule has 110 valence electrons. The topological polar surface area (TPSA) is 69.9 Å². The van der Waals surface area contributed by atoms with Crippen LogP contribution in [0, 0.1) is 24.0 Å². The van der Waals surface area contributed by atoms with Crippen molar-refractivity contribution in [3.63, 3.8) is 0 Å². The summed E-state index contributed by atoms with van der Waals surface area (Å²) >= 11 is 0. The third-order valence-electron chi connectivity index (χ3n) is 3.87. The van der Waals surface area contributed by atoms with E-state index in [9.17, 15) is 15.2 Å². The van der Waals surface area contributed by atoms with Crippen LogP contribution in [0.1, 0.15) is 11.1 Å². The highest BCUT2D eigenvalue weighted by Gasteiger charge is 2.27. The van der Waals surface area contributed by atoms with Crippen LogP contribution in [-0.2, 0) is 0 Å². The number of aliphatic hydroxyl groups is 1. The predicted octanol–water partition coefficient (Wildman–Crippen LogP) is 1.32. The van der Waals surface area contributed by atoms with Gasteiger partial charge in [0.25, 0.3) is 5.69 Å². The summed E-state index contributed by atoms with van der Waals surface area (Å²) in [4.78, 5) is 14.9. The molecular formula is C14H21N3O3. The molecule has 0 amide bonds. The lowest BCUT2D eigenvalue weighted by Crippen LogP contribution is -2.54. The van der Waals surface area contributed by atoms with Crippen LogP contribution in [0.3, 0.4) is 0 Å². The van der Waals surface area contributed by atoms with E-state index in [0.717, 1.165) is 36.4 Å². The molecule has 1 aliphatic rings. The van der Waals surface area contributed by atoms with Crippen LogP contribution in [0.15, 0.2) is 12.1 Å². The van der Waals surface area contributed by atoms with Gasteiger partial charge in [-0.05, 0) is 32.0 Å². The van der Waals surface area contributed by atoms with E-state index in [4.69, 9.17) is 0 Å². The number of benzene rings is 1. The summed E-state index contributed by atoms with van der Waals surface area (Å²) in [5.74, 6) is 0. The SMILES string of the molecule is Cc1cc([N+](=O)[O-])cc(C)c1N1CCN(C)CC1CO. The number of piperazine rings is 1. The van der Waals surface area contributed by atoms with Crippen molar-refractivity contribution >= 4 is 11.4 Å². The molecule has 0 bridgehead atoms. The second-order valence-corrected chi connectivity index (χ2v) is 5.48. The van der Waals surface area contributed by atoms with Crippen LogP contribution in [-0.4, -0.2) is 54.3 Å². The lowest BCUT2D eigenvalue weighted by atomic mass is 10.0. The van der Waals surface area contributed by atoms with Crippen molar-refractivity contribution in [3.05, 3.63) is 33.4 Å². The quantitative estimate of drug-likeness (QED) is 0.667. The zero-order chi connectivity index (χ0) is 14.9. The number of likely N-dealkylation sites (N-methyl/N-ethyl adjacent to an activating group) is 1. The number of rotatable bonds is 3. The molecule has 0 radical (unpaired) electrons. The molecule has 0 aliphatic carbocycles. The number of nitro benzene ring substituents is 1. The van der Waals surface area contributed by atoms with E-state index in [1.807, 2.05) is 20.9 Å². The minimum absolute atomic E-state index is 0.0348. The summed E-state index contributed by atoms with van der Waals surface area (Å²) in [6.45, 7) is 6.41. The number of anilines is 1. The largest absolute Gasteiger partial charge is 0.394 e. The van der Waals surface area contributed by atoms with Crippen molar-refractivity contribution in [2.75, 3.05) is 38.2 Å². The van der Waals surface area contributed by atoms with E-state index in [1.165, 1.54) is 0 Å². The normalized spacial score (nSPS) is 20.2. The van der Waals surface area contributed by atoms with Crippen molar-refractivity contribution in [3.8, 4) is 0 Å². The Morgan fingerprint density at radius 1 is 1.35 bits per heavy atom. The fourth-order valence-electron chi connectivity index (χ4n) is 2.95. The van der Waals surface area contributed by atoms with Crippen molar-refractivity contribution in [1.29, 1.82) is 0 Å². The molecule has 0 saturated carbocycles.